The molecule has 1 aliphatic carbocycles. The van der Waals surface area contributed by atoms with Crippen molar-refractivity contribution in [2.24, 2.45) is 0 Å². The van der Waals surface area contributed by atoms with E-state index in [1.54, 1.807) is 0 Å². The summed E-state index contributed by atoms with van der Waals surface area (Å²) in [6.07, 6.45) is 7.56. The summed E-state index contributed by atoms with van der Waals surface area (Å²) in [7, 11) is 0. The van der Waals surface area contributed by atoms with Crippen LogP contribution in [-0.2, 0) is 11.3 Å². The first-order valence-electron chi connectivity index (χ1n) is 7.72. The molecule has 112 valence electrons. The van der Waals surface area contributed by atoms with Crippen LogP contribution in [0.5, 0.6) is 0 Å². The molecule has 1 aromatic rings. The highest BCUT2D eigenvalue weighted by Gasteiger charge is 2.26. The topological polar surface area (TPSA) is 30.3 Å². The molecule has 0 spiro atoms. The standard InChI is InChI=1S/C15H24ClN3O/c1-12-11-20-15(8-16)10-18(12)9-13-6-7-19(17-13)14-4-2-3-5-14/h6-7,12,14-15H,2-5,8-11H2,1H3. The summed E-state index contributed by atoms with van der Waals surface area (Å²) in [4.78, 5) is 2.43. The maximum atomic E-state index is 5.92. The van der Waals surface area contributed by atoms with Crippen LogP contribution in [0.25, 0.3) is 0 Å². The second kappa shape index (κ2) is 6.46. The number of alkyl halides is 1. The predicted molar refractivity (Wildman–Crippen MR) is 80.1 cm³/mol. The zero-order valence-corrected chi connectivity index (χ0v) is 12.9. The quantitative estimate of drug-likeness (QED) is 0.801. The first-order valence-corrected chi connectivity index (χ1v) is 8.25. The molecule has 1 saturated heterocycles. The Morgan fingerprint density at radius 2 is 2.20 bits per heavy atom. The third-order valence-corrected chi connectivity index (χ3v) is 4.88. The van der Waals surface area contributed by atoms with Crippen molar-refractivity contribution in [3.8, 4) is 0 Å². The van der Waals surface area contributed by atoms with Crippen LogP contribution in [0.1, 0.15) is 44.3 Å². The molecule has 0 radical (unpaired) electrons. The molecule has 0 bridgehead atoms. The fourth-order valence-electron chi connectivity index (χ4n) is 3.23. The number of hydrogen-bond donors (Lipinski definition) is 0. The third kappa shape index (κ3) is 3.18. The highest BCUT2D eigenvalue weighted by atomic mass is 35.5. The highest BCUT2D eigenvalue weighted by Crippen LogP contribution is 2.28. The number of rotatable bonds is 4. The molecule has 0 amide bonds. The van der Waals surface area contributed by atoms with Crippen LogP contribution in [0, 0.1) is 0 Å². The largest absolute Gasteiger partial charge is 0.374 e. The fourth-order valence-corrected chi connectivity index (χ4v) is 3.42. The Balaban J connectivity index is 1.61. The minimum Gasteiger partial charge on any atom is -0.374 e. The molecule has 20 heavy (non-hydrogen) atoms. The molecule has 1 aromatic heterocycles. The number of morpholine rings is 1. The number of aromatic nitrogens is 2. The van der Waals surface area contributed by atoms with E-state index in [1.807, 2.05) is 0 Å². The zero-order chi connectivity index (χ0) is 13.9. The lowest BCUT2D eigenvalue weighted by Gasteiger charge is -2.36. The molecule has 2 atom stereocenters. The van der Waals surface area contributed by atoms with Gasteiger partial charge >= 0.3 is 0 Å². The zero-order valence-electron chi connectivity index (χ0n) is 12.2. The first kappa shape index (κ1) is 14.4. The Kier molecular flexibility index (Phi) is 4.64. The molecular weight excluding hydrogens is 274 g/mol. The minimum absolute atomic E-state index is 0.157. The summed E-state index contributed by atoms with van der Waals surface area (Å²) >= 11 is 5.92. The molecule has 0 N–H and O–H groups in total. The molecule has 2 fully saturated rings. The molecule has 2 aliphatic rings. The van der Waals surface area contributed by atoms with Crippen molar-refractivity contribution in [1.82, 2.24) is 14.7 Å². The molecule has 3 rings (SSSR count). The van der Waals surface area contributed by atoms with Crippen LogP contribution < -0.4 is 0 Å². The molecular formula is C15H24ClN3O. The van der Waals surface area contributed by atoms with Gasteiger partial charge < -0.3 is 4.74 Å². The van der Waals surface area contributed by atoms with Gasteiger partial charge in [-0.1, -0.05) is 12.8 Å². The Labute approximate surface area is 126 Å². The lowest BCUT2D eigenvalue weighted by Crippen LogP contribution is -2.48. The summed E-state index contributed by atoms with van der Waals surface area (Å²) in [6, 6.07) is 3.23. The van der Waals surface area contributed by atoms with E-state index in [2.05, 4.69) is 28.8 Å². The van der Waals surface area contributed by atoms with Gasteiger partial charge in [0.05, 0.1) is 24.4 Å². The van der Waals surface area contributed by atoms with Gasteiger partial charge in [0.1, 0.15) is 0 Å². The molecule has 1 saturated carbocycles. The van der Waals surface area contributed by atoms with Gasteiger partial charge in [0.15, 0.2) is 0 Å². The average Bonchev–Trinajstić information content (AvgIpc) is 3.12. The van der Waals surface area contributed by atoms with Crippen LogP contribution in [-0.4, -0.2) is 45.9 Å². The van der Waals surface area contributed by atoms with Gasteiger partial charge in [-0.25, -0.2) is 0 Å². The minimum atomic E-state index is 0.157. The maximum Gasteiger partial charge on any atom is 0.0838 e. The Morgan fingerprint density at radius 3 is 2.95 bits per heavy atom. The lowest BCUT2D eigenvalue weighted by molar-refractivity contribution is -0.0515. The molecule has 4 nitrogen and oxygen atoms in total. The molecule has 0 aromatic carbocycles. The smallest absolute Gasteiger partial charge is 0.0838 e. The van der Waals surface area contributed by atoms with Gasteiger partial charge in [-0.3, -0.25) is 9.58 Å². The Hall–Kier alpha value is -0.580. The van der Waals surface area contributed by atoms with Crippen LogP contribution in [0.2, 0.25) is 0 Å². The molecule has 1 aliphatic heterocycles. The van der Waals surface area contributed by atoms with Gasteiger partial charge in [-0.05, 0) is 25.8 Å². The number of ether oxygens (including phenoxy) is 1. The predicted octanol–water partition coefficient (Wildman–Crippen LogP) is 2.83. The van der Waals surface area contributed by atoms with Crippen LogP contribution >= 0.6 is 11.6 Å². The van der Waals surface area contributed by atoms with Gasteiger partial charge in [-0.15, -0.1) is 11.6 Å². The van der Waals surface area contributed by atoms with E-state index < -0.39 is 0 Å². The van der Waals surface area contributed by atoms with Crippen LogP contribution in [0.4, 0.5) is 0 Å². The van der Waals surface area contributed by atoms with Crippen LogP contribution in [0.3, 0.4) is 0 Å². The van der Waals surface area contributed by atoms with E-state index in [1.165, 1.54) is 31.4 Å². The first-order chi connectivity index (χ1) is 9.76. The summed E-state index contributed by atoms with van der Waals surface area (Å²) in [5, 5.41) is 4.77. The monoisotopic (exact) mass is 297 g/mol. The van der Waals surface area contributed by atoms with Crippen LogP contribution in [0.15, 0.2) is 12.3 Å². The van der Waals surface area contributed by atoms with Gasteiger partial charge in [0.25, 0.3) is 0 Å². The SMILES string of the molecule is CC1COC(CCl)CN1Cc1ccn(C2CCCC2)n1. The molecule has 5 heteroatoms. The fraction of sp³-hybridized carbons (Fsp3) is 0.800. The van der Waals surface area contributed by atoms with Crippen molar-refractivity contribution in [1.29, 1.82) is 0 Å². The summed E-state index contributed by atoms with van der Waals surface area (Å²) < 4.78 is 7.87. The van der Waals surface area contributed by atoms with E-state index in [4.69, 9.17) is 21.4 Å². The summed E-state index contributed by atoms with van der Waals surface area (Å²) in [5.41, 5.74) is 1.17. The lowest BCUT2D eigenvalue weighted by atomic mass is 10.2. The third-order valence-electron chi connectivity index (χ3n) is 4.53. The van der Waals surface area contributed by atoms with Crippen molar-refractivity contribution in [3.05, 3.63) is 18.0 Å². The van der Waals surface area contributed by atoms with Gasteiger partial charge in [0.2, 0.25) is 0 Å². The second-order valence-electron chi connectivity index (χ2n) is 6.11. The Bertz CT molecular complexity index is 431. The van der Waals surface area contributed by atoms with Gasteiger partial charge in [0, 0.05) is 31.2 Å². The number of halogens is 1. The van der Waals surface area contributed by atoms with E-state index in [-0.39, 0.29) is 6.10 Å². The number of nitrogens with zero attached hydrogens (tertiary/aromatic N) is 3. The summed E-state index contributed by atoms with van der Waals surface area (Å²) in [5.74, 6) is 0.569. The Morgan fingerprint density at radius 1 is 1.40 bits per heavy atom. The normalized spacial score (nSPS) is 29.1. The van der Waals surface area contributed by atoms with Crippen molar-refractivity contribution in [3.63, 3.8) is 0 Å². The average molecular weight is 298 g/mol. The van der Waals surface area contributed by atoms with Gasteiger partial charge in [-0.2, -0.15) is 5.10 Å². The molecule has 2 heterocycles. The number of hydrogen-bond acceptors (Lipinski definition) is 3. The maximum absolute atomic E-state index is 5.92. The van der Waals surface area contributed by atoms with E-state index in [9.17, 15) is 0 Å². The summed E-state index contributed by atoms with van der Waals surface area (Å²) in [6.45, 7) is 4.78. The van der Waals surface area contributed by atoms with Crippen molar-refractivity contribution in [2.75, 3.05) is 19.0 Å². The molecule has 2 unspecified atom stereocenters. The van der Waals surface area contributed by atoms with Crippen molar-refractivity contribution >= 4 is 11.6 Å². The van der Waals surface area contributed by atoms with E-state index in [0.717, 1.165) is 19.7 Å². The van der Waals surface area contributed by atoms with Crippen molar-refractivity contribution < 1.29 is 4.74 Å². The second-order valence-corrected chi connectivity index (χ2v) is 6.42. The van der Waals surface area contributed by atoms with E-state index in [0.29, 0.717) is 18.0 Å². The highest BCUT2D eigenvalue weighted by molar-refractivity contribution is 6.18. The van der Waals surface area contributed by atoms with E-state index >= 15 is 0 Å². The van der Waals surface area contributed by atoms with Crippen molar-refractivity contribution in [2.45, 2.75) is 57.3 Å².